The molecule has 2 unspecified atom stereocenters. The Morgan fingerprint density at radius 3 is 2.71 bits per heavy atom. The first-order valence-electron chi connectivity index (χ1n) is 10.8. The number of carbonyl (C=O) groups is 1. The standard InChI is InChI=1S/C23H28FN5O2/c1-25-23(31)8-5-15-11-21(30)18(12-19(15)24)20-6-7-22(29-28-20)26-13-14-9-16-3-2-4-17(10-14)27-16/h5-8,11-12,14,16-17,27,30H,2-4,9-10,13H2,1H3,(H,25,31)(H,26,29)/b8-5+. The molecule has 2 saturated heterocycles. The number of nitrogens with one attached hydrogen (secondary N) is 3. The molecule has 2 aliphatic heterocycles. The lowest BCUT2D eigenvalue weighted by Gasteiger charge is -2.40. The lowest BCUT2D eigenvalue weighted by molar-refractivity contribution is -0.115. The molecule has 1 amide bonds. The molecule has 3 heterocycles. The number of halogens is 1. The van der Waals surface area contributed by atoms with E-state index in [2.05, 4.69) is 26.1 Å². The van der Waals surface area contributed by atoms with Gasteiger partial charge in [-0.2, -0.15) is 0 Å². The van der Waals surface area contributed by atoms with Crippen LogP contribution in [0.2, 0.25) is 0 Å². The summed E-state index contributed by atoms with van der Waals surface area (Å²) in [6.45, 7) is 0.856. The highest BCUT2D eigenvalue weighted by Crippen LogP contribution is 2.32. The largest absolute Gasteiger partial charge is 0.507 e. The zero-order valence-corrected chi connectivity index (χ0v) is 17.6. The Hall–Kier alpha value is -3.00. The number of aromatic hydroxyl groups is 1. The van der Waals surface area contributed by atoms with Gasteiger partial charge in [-0.25, -0.2) is 4.39 Å². The molecule has 2 aromatic rings. The SMILES string of the molecule is CNC(=O)/C=C/c1cc(O)c(-c2ccc(NCC3CC4CCCC(C3)N4)nn2)cc1F. The number of carbonyl (C=O) groups excluding carboxylic acids is 1. The molecule has 0 spiro atoms. The molecule has 1 aromatic carbocycles. The highest BCUT2D eigenvalue weighted by atomic mass is 19.1. The van der Waals surface area contributed by atoms with Gasteiger partial charge in [-0.1, -0.05) is 6.42 Å². The third-order valence-electron chi connectivity index (χ3n) is 6.10. The van der Waals surface area contributed by atoms with E-state index in [1.54, 1.807) is 12.1 Å². The molecule has 164 valence electrons. The van der Waals surface area contributed by atoms with Crippen molar-refractivity contribution < 1.29 is 14.3 Å². The summed E-state index contributed by atoms with van der Waals surface area (Å²) in [5.74, 6) is 0.233. The third kappa shape index (κ3) is 5.19. The summed E-state index contributed by atoms with van der Waals surface area (Å²) < 4.78 is 14.4. The molecule has 0 aliphatic carbocycles. The van der Waals surface area contributed by atoms with E-state index in [0.717, 1.165) is 6.54 Å². The van der Waals surface area contributed by atoms with E-state index in [9.17, 15) is 14.3 Å². The van der Waals surface area contributed by atoms with Crippen LogP contribution < -0.4 is 16.0 Å². The first kappa shape index (κ1) is 21.2. The first-order chi connectivity index (χ1) is 15.0. The van der Waals surface area contributed by atoms with Gasteiger partial charge < -0.3 is 21.1 Å². The highest BCUT2D eigenvalue weighted by Gasteiger charge is 2.30. The molecule has 4 N–H and O–H groups in total. The molecular formula is C23H28FN5O2. The molecule has 2 aliphatic rings. The Labute approximate surface area is 181 Å². The average Bonchev–Trinajstić information content (AvgIpc) is 2.78. The average molecular weight is 426 g/mol. The number of phenolic OH excluding ortho intramolecular Hbond substituents is 1. The van der Waals surface area contributed by atoms with Crippen LogP contribution in [0.15, 0.2) is 30.3 Å². The Balaban J connectivity index is 1.40. The topological polar surface area (TPSA) is 99.2 Å². The van der Waals surface area contributed by atoms with E-state index in [0.29, 0.717) is 29.5 Å². The number of likely N-dealkylation sites (N-methyl/N-ethyl adjacent to an activating group) is 1. The minimum Gasteiger partial charge on any atom is -0.507 e. The highest BCUT2D eigenvalue weighted by molar-refractivity contribution is 5.91. The van der Waals surface area contributed by atoms with Crippen molar-refractivity contribution in [2.75, 3.05) is 18.9 Å². The van der Waals surface area contributed by atoms with E-state index < -0.39 is 5.82 Å². The third-order valence-corrected chi connectivity index (χ3v) is 6.10. The monoisotopic (exact) mass is 425 g/mol. The van der Waals surface area contributed by atoms with Gasteiger partial charge in [-0.05, 0) is 61.9 Å². The summed E-state index contributed by atoms with van der Waals surface area (Å²) in [6.07, 6.45) is 8.74. The number of piperidine rings is 2. The van der Waals surface area contributed by atoms with Crippen LogP contribution in [0.3, 0.4) is 0 Å². The molecule has 31 heavy (non-hydrogen) atoms. The van der Waals surface area contributed by atoms with Crippen LogP contribution in [-0.4, -0.2) is 46.9 Å². The summed E-state index contributed by atoms with van der Waals surface area (Å²) in [7, 11) is 1.48. The number of fused-ring (bicyclic) bond motifs is 2. The molecule has 4 rings (SSSR count). The zero-order valence-electron chi connectivity index (χ0n) is 17.6. The van der Waals surface area contributed by atoms with Crippen molar-refractivity contribution in [3.8, 4) is 17.0 Å². The number of anilines is 1. The molecule has 2 fully saturated rings. The number of rotatable bonds is 6. The van der Waals surface area contributed by atoms with Gasteiger partial charge in [-0.3, -0.25) is 4.79 Å². The van der Waals surface area contributed by atoms with Gasteiger partial charge in [-0.15, -0.1) is 10.2 Å². The van der Waals surface area contributed by atoms with Crippen LogP contribution in [0.1, 0.15) is 37.7 Å². The molecule has 0 saturated carbocycles. The minimum atomic E-state index is -0.562. The maximum Gasteiger partial charge on any atom is 0.243 e. The first-order valence-corrected chi connectivity index (χ1v) is 10.8. The van der Waals surface area contributed by atoms with E-state index in [1.807, 2.05) is 0 Å². The summed E-state index contributed by atoms with van der Waals surface area (Å²) in [4.78, 5) is 11.3. The summed E-state index contributed by atoms with van der Waals surface area (Å²) in [5.41, 5.74) is 0.739. The molecule has 1 aromatic heterocycles. The maximum absolute atomic E-state index is 14.4. The van der Waals surface area contributed by atoms with Crippen molar-refractivity contribution in [3.63, 3.8) is 0 Å². The Morgan fingerprint density at radius 2 is 2.03 bits per heavy atom. The summed E-state index contributed by atoms with van der Waals surface area (Å²) in [6, 6.07) is 7.25. The van der Waals surface area contributed by atoms with Gasteiger partial charge in [0.1, 0.15) is 17.4 Å². The van der Waals surface area contributed by atoms with Gasteiger partial charge in [0.05, 0.1) is 5.69 Å². The molecular weight excluding hydrogens is 397 g/mol. The maximum atomic E-state index is 14.4. The quantitative estimate of drug-likeness (QED) is 0.531. The summed E-state index contributed by atoms with van der Waals surface area (Å²) in [5, 5.41) is 28.2. The van der Waals surface area contributed by atoms with Crippen molar-refractivity contribution >= 4 is 17.8 Å². The van der Waals surface area contributed by atoms with Crippen molar-refractivity contribution in [2.45, 2.75) is 44.2 Å². The number of benzene rings is 1. The zero-order chi connectivity index (χ0) is 21.8. The number of hydrogen-bond acceptors (Lipinski definition) is 6. The van der Waals surface area contributed by atoms with Crippen LogP contribution in [0, 0.1) is 11.7 Å². The van der Waals surface area contributed by atoms with Gasteiger partial charge in [0.2, 0.25) is 5.91 Å². The summed E-state index contributed by atoms with van der Waals surface area (Å²) >= 11 is 0. The number of hydrogen-bond donors (Lipinski definition) is 4. The van der Waals surface area contributed by atoms with E-state index in [4.69, 9.17) is 0 Å². The Kier molecular flexibility index (Phi) is 6.46. The van der Waals surface area contributed by atoms with Crippen molar-refractivity contribution in [1.82, 2.24) is 20.8 Å². The van der Waals surface area contributed by atoms with Gasteiger partial charge >= 0.3 is 0 Å². The molecule has 0 radical (unpaired) electrons. The van der Waals surface area contributed by atoms with Crippen LogP contribution in [0.25, 0.3) is 17.3 Å². The van der Waals surface area contributed by atoms with Crippen LogP contribution in [0.5, 0.6) is 5.75 Å². The normalized spacial score (nSPS) is 23.0. The van der Waals surface area contributed by atoms with Gasteiger partial charge in [0.25, 0.3) is 0 Å². The molecule has 2 bridgehead atoms. The fourth-order valence-electron chi connectivity index (χ4n) is 4.53. The Bertz CT molecular complexity index is 951. The molecule has 8 heteroatoms. The second-order valence-electron chi connectivity index (χ2n) is 8.35. The smallest absolute Gasteiger partial charge is 0.243 e. The van der Waals surface area contributed by atoms with Crippen molar-refractivity contribution in [3.05, 3.63) is 41.7 Å². The number of amides is 1. The van der Waals surface area contributed by atoms with E-state index >= 15 is 0 Å². The number of aromatic nitrogens is 2. The second-order valence-corrected chi connectivity index (χ2v) is 8.35. The lowest BCUT2D eigenvalue weighted by atomic mass is 9.80. The molecule has 2 atom stereocenters. The fourth-order valence-corrected chi connectivity index (χ4v) is 4.53. The van der Waals surface area contributed by atoms with Crippen LogP contribution >= 0.6 is 0 Å². The van der Waals surface area contributed by atoms with Gasteiger partial charge in [0, 0.05) is 42.9 Å². The van der Waals surface area contributed by atoms with E-state index in [1.165, 1.54) is 63.4 Å². The predicted molar refractivity (Wildman–Crippen MR) is 118 cm³/mol. The van der Waals surface area contributed by atoms with E-state index in [-0.39, 0.29) is 22.8 Å². The Morgan fingerprint density at radius 1 is 1.26 bits per heavy atom. The van der Waals surface area contributed by atoms with Crippen LogP contribution in [-0.2, 0) is 4.79 Å². The van der Waals surface area contributed by atoms with Crippen LogP contribution in [0.4, 0.5) is 10.2 Å². The lowest BCUT2D eigenvalue weighted by Crippen LogP contribution is -2.49. The van der Waals surface area contributed by atoms with Crippen molar-refractivity contribution in [1.29, 1.82) is 0 Å². The second kappa shape index (κ2) is 9.43. The van der Waals surface area contributed by atoms with Crippen molar-refractivity contribution in [2.24, 2.45) is 5.92 Å². The number of phenols is 1. The minimum absolute atomic E-state index is 0.114. The molecule has 7 nitrogen and oxygen atoms in total. The predicted octanol–water partition coefficient (Wildman–Crippen LogP) is 3.08. The number of nitrogens with zero attached hydrogens (tertiary/aromatic N) is 2. The van der Waals surface area contributed by atoms with Gasteiger partial charge in [0.15, 0.2) is 0 Å². The fraction of sp³-hybridized carbons (Fsp3) is 0.435.